The van der Waals surface area contributed by atoms with E-state index in [4.69, 9.17) is 44.3 Å². The van der Waals surface area contributed by atoms with Crippen molar-refractivity contribution in [2.45, 2.75) is 20.8 Å². The van der Waals surface area contributed by atoms with Crippen LogP contribution < -0.4 is 10.6 Å². The number of hydrogen-bond acceptors (Lipinski definition) is 5. The SMILES string of the molecule is Cc1cc(C)c2oc(-c3cccc(NC(=S)NC(=O)c4ccc(-c5cccc(Cl)c5Cl)o4)c3C)nc2c1. The van der Waals surface area contributed by atoms with Crippen molar-refractivity contribution in [2.75, 3.05) is 5.32 Å². The van der Waals surface area contributed by atoms with Crippen LogP contribution >= 0.6 is 35.4 Å². The smallest absolute Gasteiger partial charge is 0.293 e. The number of rotatable bonds is 4. The molecule has 186 valence electrons. The second kappa shape index (κ2) is 10.0. The third-order valence-corrected chi connectivity index (χ3v) is 6.93. The lowest BCUT2D eigenvalue weighted by Gasteiger charge is -2.13. The number of fused-ring (bicyclic) bond motifs is 1. The molecule has 0 fully saturated rings. The maximum atomic E-state index is 12.8. The molecule has 0 aliphatic carbocycles. The van der Waals surface area contributed by atoms with Crippen molar-refractivity contribution in [2.24, 2.45) is 0 Å². The number of carbonyl (C=O) groups is 1. The quantitative estimate of drug-likeness (QED) is 0.220. The van der Waals surface area contributed by atoms with Gasteiger partial charge in [0.2, 0.25) is 5.89 Å². The Morgan fingerprint density at radius 1 is 0.946 bits per heavy atom. The summed E-state index contributed by atoms with van der Waals surface area (Å²) in [5, 5.41) is 6.59. The fourth-order valence-electron chi connectivity index (χ4n) is 4.11. The van der Waals surface area contributed by atoms with Crippen LogP contribution in [0.15, 0.2) is 69.5 Å². The molecule has 37 heavy (non-hydrogen) atoms. The second-order valence-corrected chi connectivity index (χ2v) is 9.79. The predicted molar refractivity (Wildman–Crippen MR) is 152 cm³/mol. The first-order valence-corrected chi connectivity index (χ1v) is 12.5. The largest absolute Gasteiger partial charge is 0.451 e. The topological polar surface area (TPSA) is 80.3 Å². The first-order chi connectivity index (χ1) is 17.7. The minimum Gasteiger partial charge on any atom is -0.451 e. The van der Waals surface area contributed by atoms with Crippen molar-refractivity contribution < 1.29 is 13.6 Å². The number of oxazole rings is 1. The third-order valence-electron chi connectivity index (χ3n) is 5.91. The maximum absolute atomic E-state index is 12.8. The van der Waals surface area contributed by atoms with Crippen molar-refractivity contribution in [1.29, 1.82) is 0 Å². The zero-order chi connectivity index (χ0) is 26.3. The molecule has 1 amide bonds. The van der Waals surface area contributed by atoms with Gasteiger partial charge in [-0.1, -0.05) is 41.4 Å². The molecule has 2 aromatic heterocycles. The van der Waals surface area contributed by atoms with E-state index in [1.165, 1.54) is 0 Å². The number of halogens is 2. The molecule has 0 spiro atoms. The summed E-state index contributed by atoms with van der Waals surface area (Å²) in [7, 11) is 0. The molecular formula is C28H21Cl2N3O3S. The molecule has 0 atom stereocenters. The van der Waals surface area contributed by atoms with Gasteiger partial charge in [0.05, 0.1) is 10.0 Å². The van der Waals surface area contributed by atoms with Gasteiger partial charge in [0.25, 0.3) is 5.91 Å². The first-order valence-electron chi connectivity index (χ1n) is 11.4. The zero-order valence-electron chi connectivity index (χ0n) is 20.1. The lowest BCUT2D eigenvalue weighted by molar-refractivity contribution is 0.0951. The molecule has 9 heteroatoms. The second-order valence-electron chi connectivity index (χ2n) is 8.60. The lowest BCUT2D eigenvalue weighted by atomic mass is 10.1. The van der Waals surface area contributed by atoms with Gasteiger partial charge in [-0.05, 0) is 92.1 Å². The van der Waals surface area contributed by atoms with Crippen LogP contribution in [0.25, 0.3) is 33.9 Å². The Morgan fingerprint density at radius 3 is 2.51 bits per heavy atom. The molecule has 2 heterocycles. The molecule has 0 unspecified atom stereocenters. The van der Waals surface area contributed by atoms with Crippen LogP contribution in [-0.4, -0.2) is 16.0 Å². The summed E-state index contributed by atoms with van der Waals surface area (Å²) in [6.45, 7) is 5.96. The molecule has 0 radical (unpaired) electrons. The van der Waals surface area contributed by atoms with Crippen molar-refractivity contribution in [3.63, 3.8) is 0 Å². The van der Waals surface area contributed by atoms with Crippen molar-refractivity contribution >= 4 is 63.2 Å². The molecule has 3 aromatic carbocycles. The molecule has 0 saturated carbocycles. The molecule has 0 aliphatic heterocycles. The van der Waals surface area contributed by atoms with Gasteiger partial charge >= 0.3 is 0 Å². The van der Waals surface area contributed by atoms with E-state index in [9.17, 15) is 4.79 Å². The Kier molecular flexibility index (Phi) is 6.77. The standard InChI is InChI=1S/C28H21Cl2N3O3S/c1-14-12-15(2)25-21(13-14)31-27(36-25)17-6-5-9-20(16(17)3)32-28(37)33-26(34)23-11-10-22(35-23)18-7-4-8-19(29)24(18)30/h4-13H,1-3H3,(H2,32,33,34,37). The van der Waals surface area contributed by atoms with E-state index < -0.39 is 5.91 Å². The van der Waals surface area contributed by atoms with Gasteiger partial charge < -0.3 is 14.2 Å². The molecule has 0 saturated heterocycles. The highest BCUT2D eigenvalue weighted by atomic mass is 35.5. The van der Waals surface area contributed by atoms with E-state index >= 15 is 0 Å². The van der Waals surface area contributed by atoms with E-state index in [0.29, 0.717) is 32.9 Å². The average molecular weight is 550 g/mol. The lowest BCUT2D eigenvalue weighted by Crippen LogP contribution is -2.34. The molecular weight excluding hydrogens is 529 g/mol. The van der Waals surface area contributed by atoms with Crippen molar-refractivity contribution in [1.82, 2.24) is 10.3 Å². The highest BCUT2D eigenvalue weighted by Gasteiger charge is 2.18. The summed E-state index contributed by atoms with van der Waals surface area (Å²) in [4.78, 5) is 17.4. The molecule has 5 aromatic rings. The van der Waals surface area contributed by atoms with Gasteiger partial charge in [-0.25, -0.2) is 4.98 Å². The third kappa shape index (κ3) is 4.98. The van der Waals surface area contributed by atoms with E-state index in [1.807, 2.05) is 45.0 Å². The fraction of sp³-hybridized carbons (Fsp3) is 0.107. The summed E-state index contributed by atoms with van der Waals surface area (Å²) in [6.07, 6.45) is 0. The van der Waals surface area contributed by atoms with Crippen LogP contribution in [0.2, 0.25) is 10.0 Å². The Labute approximate surface area is 228 Å². The maximum Gasteiger partial charge on any atom is 0.293 e. The van der Waals surface area contributed by atoms with Crippen LogP contribution in [-0.2, 0) is 0 Å². The van der Waals surface area contributed by atoms with E-state index in [2.05, 4.69) is 21.7 Å². The molecule has 5 rings (SSSR count). The van der Waals surface area contributed by atoms with E-state index in [0.717, 1.165) is 33.4 Å². The van der Waals surface area contributed by atoms with Crippen LogP contribution in [0.5, 0.6) is 0 Å². The highest BCUT2D eigenvalue weighted by molar-refractivity contribution is 7.80. The van der Waals surface area contributed by atoms with E-state index in [1.54, 1.807) is 30.3 Å². The molecule has 0 aliphatic rings. The summed E-state index contributed by atoms with van der Waals surface area (Å²) in [6, 6.07) is 18.1. The van der Waals surface area contributed by atoms with E-state index in [-0.39, 0.29) is 10.9 Å². The Hall–Kier alpha value is -3.65. The molecule has 0 bridgehead atoms. The minimum absolute atomic E-state index is 0.0813. The monoisotopic (exact) mass is 549 g/mol. The minimum atomic E-state index is -0.500. The number of anilines is 1. The zero-order valence-corrected chi connectivity index (χ0v) is 22.4. The Morgan fingerprint density at radius 2 is 1.70 bits per heavy atom. The normalized spacial score (nSPS) is 11.1. The Bertz CT molecular complexity index is 1690. The number of aromatic nitrogens is 1. The van der Waals surface area contributed by atoms with Gasteiger partial charge in [-0.3, -0.25) is 10.1 Å². The number of thiocarbonyl (C=S) groups is 1. The number of nitrogens with one attached hydrogen (secondary N) is 2. The summed E-state index contributed by atoms with van der Waals surface area (Å²) in [5.74, 6) is 0.518. The number of benzene rings is 3. The van der Waals surface area contributed by atoms with Crippen LogP contribution in [0.4, 0.5) is 5.69 Å². The van der Waals surface area contributed by atoms with Crippen LogP contribution in [0.3, 0.4) is 0 Å². The van der Waals surface area contributed by atoms with Crippen molar-refractivity contribution in [3.05, 3.63) is 93.2 Å². The van der Waals surface area contributed by atoms with Gasteiger partial charge in [0, 0.05) is 16.8 Å². The summed E-state index contributed by atoms with van der Waals surface area (Å²) in [5.41, 5.74) is 6.72. The number of amides is 1. The van der Waals surface area contributed by atoms with Crippen molar-refractivity contribution in [3.8, 4) is 22.8 Å². The van der Waals surface area contributed by atoms with Gasteiger partial charge in [0.15, 0.2) is 16.5 Å². The fourth-order valence-corrected chi connectivity index (χ4v) is 4.71. The summed E-state index contributed by atoms with van der Waals surface area (Å²) >= 11 is 17.7. The first kappa shape index (κ1) is 25.0. The summed E-state index contributed by atoms with van der Waals surface area (Å²) < 4.78 is 11.8. The molecule has 2 N–H and O–H groups in total. The average Bonchev–Trinajstić information content (AvgIpc) is 3.50. The number of nitrogens with zero attached hydrogens (tertiary/aromatic N) is 1. The van der Waals surface area contributed by atoms with Crippen LogP contribution in [0.1, 0.15) is 27.2 Å². The molecule has 6 nitrogen and oxygen atoms in total. The predicted octanol–water partition coefficient (Wildman–Crippen LogP) is 8.11. The highest BCUT2D eigenvalue weighted by Crippen LogP contribution is 2.35. The number of aryl methyl sites for hydroxylation is 2. The number of carbonyl (C=O) groups excluding carboxylic acids is 1. The number of hydrogen-bond donors (Lipinski definition) is 2. The van der Waals surface area contributed by atoms with Gasteiger partial charge in [-0.15, -0.1) is 0 Å². The van der Waals surface area contributed by atoms with Gasteiger partial charge in [-0.2, -0.15) is 0 Å². The Balaban J connectivity index is 1.33. The van der Waals surface area contributed by atoms with Crippen LogP contribution in [0, 0.1) is 20.8 Å². The number of furan rings is 1. The van der Waals surface area contributed by atoms with Gasteiger partial charge in [0.1, 0.15) is 11.3 Å².